The Morgan fingerprint density at radius 3 is 2.06 bits per heavy atom. The lowest BCUT2D eigenvalue weighted by atomic mass is 9.96. The summed E-state index contributed by atoms with van der Waals surface area (Å²) in [4.78, 5) is 5.16. The molecular formula is C26H38Cl2N2O2. The summed E-state index contributed by atoms with van der Waals surface area (Å²) >= 11 is 0. The van der Waals surface area contributed by atoms with Crippen LogP contribution in [0, 0.1) is 0 Å². The third-order valence-corrected chi connectivity index (χ3v) is 6.77. The fourth-order valence-electron chi connectivity index (χ4n) is 4.98. The standard InChI is InChI=1S/C26H36N2O2.2ClH/c1-3-27(4-2)19-20-28-18-12-11-17-24(28)25-21-29-26(30-25,22-13-7-5-8-14-22)23-15-9-6-10-16-23;;/h5-10,13-16,24-25H,3-4,11-12,17-21H2,1-2H3;2*1H. The van der Waals surface area contributed by atoms with Crippen molar-refractivity contribution in [3.8, 4) is 0 Å². The van der Waals surface area contributed by atoms with Gasteiger partial charge in [-0.25, -0.2) is 0 Å². The quantitative estimate of drug-likeness (QED) is 0.508. The van der Waals surface area contributed by atoms with Crippen LogP contribution in [0.4, 0.5) is 0 Å². The molecule has 6 heteroatoms. The molecule has 0 spiro atoms. The number of nitrogens with zero attached hydrogens (tertiary/aromatic N) is 2. The van der Waals surface area contributed by atoms with E-state index in [1.807, 2.05) is 12.1 Å². The molecule has 2 heterocycles. The van der Waals surface area contributed by atoms with Crippen LogP contribution in [0.5, 0.6) is 0 Å². The van der Waals surface area contributed by atoms with E-state index in [0.29, 0.717) is 12.6 Å². The third-order valence-electron chi connectivity index (χ3n) is 6.77. The SMILES string of the molecule is CCN(CC)CCN1CCCCC1C1COC(c2ccccc2)(c2ccccc2)O1.Cl.Cl. The molecule has 2 aliphatic rings. The molecule has 0 amide bonds. The van der Waals surface area contributed by atoms with Crippen LogP contribution in [0.1, 0.15) is 44.2 Å². The van der Waals surface area contributed by atoms with Gasteiger partial charge >= 0.3 is 0 Å². The summed E-state index contributed by atoms with van der Waals surface area (Å²) in [6.07, 6.45) is 3.83. The zero-order chi connectivity index (χ0) is 20.8. The van der Waals surface area contributed by atoms with Crippen LogP contribution in [0.15, 0.2) is 60.7 Å². The first kappa shape index (κ1) is 27.1. The second kappa shape index (κ2) is 12.9. The second-order valence-electron chi connectivity index (χ2n) is 8.44. The van der Waals surface area contributed by atoms with Crippen molar-refractivity contribution in [1.82, 2.24) is 9.80 Å². The van der Waals surface area contributed by atoms with E-state index in [1.54, 1.807) is 0 Å². The molecule has 2 unspecified atom stereocenters. The van der Waals surface area contributed by atoms with Crippen LogP contribution >= 0.6 is 24.8 Å². The van der Waals surface area contributed by atoms with Crippen LogP contribution in [0.3, 0.4) is 0 Å². The highest BCUT2D eigenvalue weighted by Gasteiger charge is 2.48. The number of likely N-dealkylation sites (N-methyl/N-ethyl adjacent to an activating group) is 1. The maximum absolute atomic E-state index is 6.87. The monoisotopic (exact) mass is 480 g/mol. The van der Waals surface area contributed by atoms with Gasteiger partial charge in [-0.3, -0.25) is 4.90 Å². The van der Waals surface area contributed by atoms with Crippen molar-refractivity contribution >= 4 is 24.8 Å². The van der Waals surface area contributed by atoms with Crippen LogP contribution in [0.25, 0.3) is 0 Å². The minimum Gasteiger partial charge on any atom is -0.339 e. The molecule has 0 saturated carbocycles. The van der Waals surface area contributed by atoms with Crippen LogP contribution in [-0.2, 0) is 15.3 Å². The van der Waals surface area contributed by atoms with Gasteiger partial charge in [-0.15, -0.1) is 24.8 Å². The lowest BCUT2D eigenvalue weighted by molar-refractivity contribution is -0.152. The Balaban J connectivity index is 0.00000181. The van der Waals surface area contributed by atoms with Gasteiger partial charge in [0.2, 0.25) is 5.79 Å². The van der Waals surface area contributed by atoms with Crippen molar-refractivity contribution in [3.63, 3.8) is 0 Å². The number of halogens is 2. The number of hydrogen-bond donors (Lipinski definition) is 0. The lowest BCUT2D eigenvalue weighted by Gasteiger charge is -2.40. The van der Waals surface area contributed by atoms with Gasteiger partial charge < -0.3 is 14.4 Å². The smallest absolute Gasteiger partial charge is 0.222 e. The molecular weight excluding hydrogens is 443 g/mol. The highest BCUT2D eigenvalue weighted by Crippen LogP contribution is 2.42. The molecule has 4 nitrogen and oxygen atoms in total. The normalized spacial score (nSPS) is 22.8. The Hall–Kier alpha value is -1.14. The summed E-state index contributed by atoms with van der Waals surface area (Å²) in [6, 6.07) is 21.3. The summed E-state index contributed by atoms with van der Waals surface area (Å²) in [5.41, 5.74) is 2.15. The molecule has 4 rings (SSSR count). The molecule has 2 aliphatic heterocycles. The molecule has 0 aliphatic carbocycles. The van der Waals surface area contributed by atoms with Gasteiger partial charge in [0.05, 0.1) is 6.61 Å². The number of hydrogen-bond acceptors (Lipinski definition) is 4. The van der Waals surface area contributed by atoms with Crippen LogP contribution in [-0.4, -0.2) is 61.3 Å². The summed E-state index contributed by atoms with van der Waals surface area (Å²) < 4.78 is 13.4. The molecule has 2 fully saturated rings. The molecule has 178 valence electrons. The fraction of sp³-hybridized carbons (Fsp3) is 0.538. The second-order valence-corrected chi connectivity index (χ2v) is 8.44. The summed E-state index contributed by atoms with van der Waals surface area (Å²) in [5.74, 6) is -0.810. The Bertz CT molecular complexity index is 734. The van der Waals surface area contributed by atoms with Crippen molar-refractivity contribution in [2.24, 2.45) is 0 Å². The molecule has 32 heavy (non-hydrogen) atoms. The number of likely N-dealkylation sites (tertiary alicyclic amines) is 1. The van der Waals surface area contributed by atoms with Gasteiger partial charge in [0.15, 0.2) is 0 Å². The van der Waals surface area contributed by atoms with Crippen LogP contribution < -0.4 is 0 Å². The third kappa shape index (κ3) is 5.85. The van der Waals surface area contributed by atoms with Crippen LogP contribution in [0.2, 0.25) is 0 Å². The van der Waals surface area contributed by atoms with E-state index in [9.17, 15) is 0 Å². The predicted molar refractivity (Wildman–Crippen MR) is 136 cm³/mol. The van der Waals surface area contributed by atoms with E-state index < -0.39 is 5.79 Å². The molecule has 2 aromatic rings. The highest BCUT2D eigenvalue weighted by molar-refractivity contribution is 5.85. The van der Waals surface area contributed by atoms with Gasteiger partial charge in [0.25, 0.3) is 0 Å². The highest BCUT2D eigenvalue weighted by atomic mass is 35.5. The average molecular weight is 482 g/mol. The average Bonchev–Trinajstić information content (AvgIpc) is 3.28. The van der Waals surface area contributed by atoms with E-state index in [4.69, 9.17) is 9.47 Å². The Kier molecular flexibility index (Phi) is 11.0. The van der Waals surface area contributed by atoms with Crippen molar-refractivity contribution in [2.45, 2.75) is 51.0 Å². The van der Waals surface area contributed by atoms with Crippen molar-refractivity contribution in [2.75, 3.05) is 39.3 Å². The Morgan fingerprint density at radius 1 is 0.906 bits per heavy atom. The van der Waals surface area contributed by atoms with E-state index in [0.717, 1.165) is 43.9 Å². The van der Waals surface area contributed by atoms with E-state index in [2.05, 4.69) is 72.2 Å². The zero-order valence-corrected chi connectivity index (χ0v) is 21.0. The van der Waals surface area contributed by atoms with Gasteiger partial charge in [-0.2, -0.15) is 0 Å². The molecule has 0 bridgehead atoms. The van der Waals surface area contributed by atoms with E-state index >= 15 is 0 Å². The molecule has 0 aromatic heterocycles. The Morgan fingerprint density at radius 2 is 1.50 bits per heavy atom. The van der Waals surface area contributed by atoms with Gasteiger partial charge in [0.1, 0.15) is 6.10 Å². The molecule has 2 saturated heterocycles. The number of rotatable bonds is 8. The topological polar surface area (TPSA) is 24.9 Å². The minimum atomic E-state index is -0.810. The van der Waals surface area contributed by atoms with Crippen molar-refractivity contribution in [1.29, 1.82) is 0 Å². The van der Waals surface area contributed by atoms with Gasteiger partial charge in [-0.1, -0.05) is 80.9 Å². The minimum absolute atomic E-state index is 0. The van der Waals surface area contributed by atoms with Crippen molar-refractivity contribution in [3.05, 3.63) is 71.8 Å². The summed E-state index contributed by atoms with van der Waals surface area (Å²) in [5, 5.41) is 0. The maximum atomic E-state index is 6.87. The first-order chi connectivity index (χ1) is 14.8. The maximum Gasteiger partial charge on any atom is 0.222 e. The molecule has 0 radical (unpaired) electrons. The van der Waals surface area contributed by atoms with Crippen molar-refractivity contribution < 1.29 is 9.47 Å². The molecule has 2 aromatic carbocycles. The van der Waals surface area contributed by atoms with E-state index in [-0.39, 0.29) is 30.9 Å². The first-order valence-corrected chi connectivity index (χ1v) is 11.7. The zero-order valence-electron chi connectivity index (χ0n) is 19.3. The number of piperidine rings is 1. The summed E-state index contributed by atoms with van der Waals surface area (Å²) in [7, 11) is 0. The lowest BCUT2D eigenvalue weighted by Crippen LogP contribution is -2.50. The van der Waals surface area contributed by atoms with E-state index in [1.165, 1.54) is 19.3 Å². The summed E-state index contributed by atoms with van der Waals surface area (Å²) in [6.45, 7) is 10.8. The number of ether oxygens (including phenoxy) is 2. The molecule has 0 N–H and O–H groups in total. The Labute approximate surface area is 206 Å². The largest absolute Gasteiger partial charge is 0.339 e. The van der Waals surface area contributed by atoms with Gasteiger partial charge in [-0.05, 0) is 32.5 Å². The number of benzene rings is 2. The first-order valence-electron chi connectivity index (χ1n) is 11.7. The predicted octanol–water partition coefficient (Wildman–Crippen LogP) is 5.34. The van der Waals surface area contributed by atoms with Gasteiger partial charge in [0, 0.05) is 30.3 Å². The fourth-order valence-corrected chi connectivity index (χ4v) is 4.98. The molecule has 2 atom stereocenters.